The largest absolute Gasteiger partial charge is 0.395 e. The van der Waals surface area contributed by atoms with E-state index in [-0.39, 0.29) is 6.61 Å². The van der Waals surface area contributed by atoms with Crippen molar-refractivity contribution in [3.05, 3.63) is 0 Å². The highest BCUT2D eigenvalue weighted by atomic mass is 16.3. The Labute approximate surface area is 162 Å². The van der Waals surface area contributed by atoms with Gasteiger partial charge in [0.2, 0.25) is 0 Å². The molecule has 0 aliphatic carbocycles. The standard InChI is InChI=1S/C22H47NO3/c1-2-3-4-5-6-7-8-9-10-11-12-13-14-15-16-17-18-21(25)22(26)20(23)19-24/h20-22,24-26H,2-19,23H2,1H3/t20-,21+,22-/m0/s1. The fourth-order valence-electron chi connectivity index (χ4n) is 3.47. The highest BCUT2D eigenvalue weighted by molar-refractivity contribution is 4.77. The van der Waals surface area contributed by atoms with Gasteiger partial charge in [-0.15, -0.1) is 0 Å². The van der Waals surface area contributed by atoms with Crippen LogP contribution in [0.5, 0.6) is 0 Å². The molecule has 0 heterocycles. The Morgan fingerprint density at radius 1 is 0.615 bits per heavy atom. The zero-order valence-electron chi connectivity index (χ0n) is 17.4. The molecule has 3 atom stereocenters. The predicted octanol–water partition coefficient (Wildman–Crippen LogP) is 4.68. The van der Waals surface area contributed by atoms with E-state index >= 15 is 0 Å². The maximum Gasteiger partial charge on any atom is 0.0971 e. The van der Waals surface area contributed by atoms with Crippen LogP contribution in [0, 0.1) is 0 Å². The summed E-state index contributed by atoms with van der Waals surface area (Å²) in [6.45, 7) is 1.98. The van der Waals surface area contributed by atoms with Gasteiger partial charge < -0.3 is 21.1 Å². The van der Waals surface area contributed by atoms with Gasteiger partial charge in [-0.2, -0.15) is 0 Å². The van der Waals surface area contributed by atoms with Crippen LogP contribution in [0.25, 0.3) is 0 Å². The first kappa shape index (κ1) is 25.8. The van der Waals surface area contributed by atoms with E-state index in [0.717, 1.165) is 12.8 Å². The molecule has 158 valence electrons. The Morgan fingerprint density at radius 3 is 1.31 bits per heavy atom. The smallest absolute Gasteiger partial charge is 0.0971 e. The van der Waals surface area contributed by atoms with Crippen LogP contribution < -0.4 is 5.73 Å². The van der Waals surface area contributed by atoms with Crippen molar-refractivity contribution in [2.24, 2.45) is 5.73 Å². The van der Waals surface area contributed by atoms with Crippen LogP contribution in [0.4, 0.5) is 0 Å². The normalized spacial score (nSPS) is 15.1. The summed E-state index contributed by atoms with van der Waals surface area (Å²) in [6, 6.07) is -0.744. The summed E-state index contributed by atoms with van der Waals surface area (Å²) in [6.07, 6.45) is 19.9. The molecule has 0 amide bonds. The molecule has 0 radical (unpaired) electrons. The highest BCUT2D eigenvalue weighted by Gasteiger charge is 2.22. The third-order valence-electron chi connectivity index (χ3n) is 5.40. The van der Waals surface area contributed by atoms with Gasteiger partial charge in [-0.3, -0.25) is 0 Å². The molecule has 0 spiro atoms. The van der Waals surface area contributed by atoms with Crippen molar-refractivity contribution in [2.75, 3.05) is 6.61 Å². The van der Waals surface area contributed by atoms with Crippen LogP contribution in [-0.2, 0) is 0 Å². The Balaban J connectivity index is 3.20. The van der Waals surface area contributed by atoms with Crippen LogP contribution in [-0.4, -0.2) is 40.2 Å². The minimum Gasteiger partial charge on any atom is -0.395 e. The average Bonchev–Trinajstić information content (AvgIpc) is 2.66. The number of hydrogen-bond donors (Lipinski definition) is 4. The van der Waals surface area contributed by atoms with E-state index in [2.05, 4.69) is 6.92 Å². The van der Waals surface area contributed by atoms with Crippen molar-refractivity contribution in [2.45, 2.75) is 134 Å². The van der Waals surface area contributed by atoms with Crippen molar-refractivity contribution >= 4 is 0 Å². The predicted molar refractivity (Wildman–Crippen MR) is 111 cm³/mol. The molecule has 0 rings (SSSR count). The molecular weight excluding hydrogens is 326 g/mol. The summed E-state index contributed by atoms with van der Waals surface area (Å²) in [5, 5.41) is 28.3. The van der Waals surface area contributed by atoms with Gasteiger partial charge in [0.05, 0.1) is 24.9 Å². The number of hydrogen-bond acceptors (Lipinski definition) is 4. The van der Waals surface area contributed by atoms with E-state index in [1.807, 2.05) is 0 Å². The Kier molecular flexibility index (Phi) is 19.5. The number of aliphatic hydroxyl groups is 3. The molecule has 26 heavy (non-hydrogen) atoms. The molecule has 0 aromatic heterocycles. The summed E-state index contributed by atoms with van der Waals surface area (Å²) in [5.41, 5.74) is 5.52. The second-order valence-corrected chi connectivity index (χ2v) is 8.00. The van der Waals surface area contributed by atoms with Crippen LogP contribution in [0.3, 0.4) is 0 Å². The number of unbranched alkanes of at least 4 members (excludes halogenated alkanes) is 15. The van der Waals surface area contributed by atoms with E-state index in [1.165, 1.54) is 89.9 Å². The molecule has 4 nitrogen and oxygen atoms in total. The van der Waals surface area contributed by atoms with E-state index in [0.29, 0.717) is 6.42 Å². The van der Waals surface area contributed by atoms with Crippen LogP contribution >= 0.6 is 0 Å². The van der Waals surface area contributed by atoms with Gasteiger partial charge in [0, 0.05) is 0 Å². The lowest BCUT2D eigenvalue weighted by Gasteiger charge is -2.22. The number of rotatable bonds is 20. The second kappa shape index (κ2) is 19.6. The number of nitrogens with two attached hydrogens (primary N) is 1. The lowest BCUT2D eigenvalue weighted by Crippen LogP contribution is -2.45. The Hall–Kier alpha value is -0.160. The molecular formula is C22H47NO3. The van der Waals surface area contributed by atoms with Crippen LogP contribution in [0.2, 0.25) is 0 Å². The second-order valence-electron chi connectivity index (χ2n) is 8.00. The molecule has 0 aliphatic rings. The van der Waals surface area contributed by atoms with Gasteiger partial charge in [-0.1, -0.05) is 110 Å². The van der Waals surface area contributed by atoms with Crippen molar-refractivity contribution in [1.29, 1.82) is 0 Å². The Morgan fingerprint density at radius 2 is 0.962 bits per heavy atom. The maximum absolute atomic E-state index is 9.79. The Bertz CT molecular complexity index is 276. The van der Waals surface area contributed by atoms with Crippen LogP contribution in [0.1, 0.15) is 116 Å². The monoisotopic (exact) mass is 373 g/mol. The molecule has 5 N–H and O–H groups in total. The van der Waals surface area contributed by atoms with Gasteiger partial charge in [0.25, 0.3) is 0 Å². The third kappa shape index (κ3) is 16.0. The summed E-state index contributed by atoms with van der Waals surface area (Å²) in [7, 11) is 0. The molecule has 0 saturated heterocycles. The molecule has 0 bridgehead atoms. The molecule has 0 saturated carbocycles. The van der Waals surface area contributed by atoms with Gasteiger partial charge in [0.1, 0.15) is 0 Å². The SMILES string of the molecule is CCCCCCCCCCCCCCCCCC[C@@H](O)[C@@H](O)[C@@H](N)CO. The van der Waals surface area contributed by atoms with Crippen LogP contribution in [0.15, 0.2) is 0 Å². The number of aliphatic hydroxyl groups excluding tert-OH is 3. The zero-order valence-corrected chi connectivity index (χ0v) is 17.4. The lowest BCUT2D eigenvalue weighted by atomic mass is 10.00. The first-order valence-corrected chi connectivity index (χ1v) is 11.4. The zero-order chi connectivity index (χ0) is 19.5. The third-order valence-corrected chi connectivity index (χ3v) is 5.40. The van der Waals surface area contributed by atoms with Crippen molar-refractivity contribution < 1.29 is 15.3 Å². The molecule has 0 fully saturated rings. The van der Waals surface area contributed by atoms with E-state index in [9.17, 15) is 10.2 Å². The van der Waals surface area contributed by atoms with Gasteiger partial charge >= 0.3 is 0 Å². The molecule has 0 aromatic rings. The first-order valence-electron chi connectivity index (χ1n) is 11.4. The molecule has 0 aliphatic heterocycles. The van der Waals surface area contributed by atoms with Crippen molar-refractivity contribution in [3.8, 4) is 0 Å². The van der Waals surface area contributed by atoms with Crippen molar-refractivity contribution in [1.82, 2.24) is 0 Å². The summed E-state index contributed by atoms with van der Waals surface area (Å²) < 4.78 is 0. The van der Waals surface area contributed by atoms with E-state index in [1.54, 1.807) is 0 Å². The van der Waals surface area contributed by atoms with E-state index in [4.69, 9.17) is 10.8 Å². The minimum atomic E-state index is -1.02. The molecule has 0 unspecified atom stereocenters. The van der Waals surface area contributed by atoms with Gasteiger partial charge in [-0.05, 0) is 6.42 Å². The van der Waals surface area contributed by atoms with Gasteiger partial charge in [-0.25, -0.2) is 0 Å². The van der Waals surface area contributed by atoms with Crippen molar-refractivity contribution in [3.63, 3.8) is 0 Å². The summed E-state index contributed by atoms with van der Waals surface area (Å²) >= 11 is 0. The maximum atomic E-state index is 9.79. The van der Waals surface area contributed by atoms with Gasteiger partial charge in [0.15, 0.2) is 0 Å². The molecule has 0 aromatic carbocycles. The minimum absolute atomic E-state index is 0.294. The molecule has 4 heteroatoms. The quantitative estimate of drug-likeness (QED) is 0.233. The first-order chi connectivity index (χ1) is 12.6. The topological polar surface area (TPSA) is 86.7 Å². The highest BCUT2D eigenvalue weighted by Crippen LogP contribution is 2.15. The summed E-state index contributed by atoms with van der Waals surface area (Å²) in [4.78, 5) is 0. The van der Waals surface area contributed by atoms with E-state index < -0.39 is 18.2 Å². The summed E-state index contributed by atoms with van der Waals surface area (Å²) in [5.74, 6) is 0. The fourth-order valence-corrected chi connectivity index (χ4v) is 3.47. The fraction of sp³-hybridized carbons (Fsp3) is 1.00. The lowest BCUT2D eigenvalue weighted by molar-refractivity contribution is -0.0121. The average molecular weight is 374 g/mol.